The van der Waals surface area contributed by atoms with E-state index in [2.05, 4.69) is 53.2 Å². The lowest BCUT2D eigenvalue weighted by Crippen LogP contribution is -2.27. The third kappa shape index (κ3) is 13.5. The van der Waals surface area contributed by atoms with Crippen LogP contribution in [0.5, 0.6) is 0 Å². The summed E-state index contributed by atoms with van der Waals surface area (Å²) in [7, 11) is 1.29. The largest absolute Gasteiger partial charge is 0.478 e. The van der Waals surface area contributed by atoms with Gasteiger partial charge >= 0.3 is 18.0 Å². The van der Waals surface area contributed by atoms with Crippen LogP contribution in [0.2, 0.25) is 0 Å². The van der Waals surface area contributed by atoms with Gasteiger partial charge in [0, 0.05) is 10.9 Å². The monoisotopic (exact) mass is 874 g/mol. The number of para-hydroxylation sites is 2. The Labute approximate surface area is 344 Å². The van der Waals surface area contributed by atoms with Crippen LogP contribution in [0, 0.1) is 0 Å². The number of nitrogen functional groups attached to an aromatic ring is 1. The molecule has 14 nitrogen and oxygen atoms in total. The molecular formula is C40H39BrN6O8S2. The van der Waals surface area contributed by atoms with Crippen molar-refractivity contribution in [1.29, 1.82) is 0 Å². The summed E-state index contributed by atoms with van der Waals surface area (Å²) in [5.74, 6) is -2.23. The van der Waals surface area contributed by atoms with Crippen LogP contribution in [0.25, 0.3) is 20.4 Å². The van der Waals surface area contributed by atoms with E-state index in [1.54, 1.807) is 63.2 Å². The van der Waals surface area contributed by atoms with Gasteiger partial charge < -0.3 is 30.9 Å². The smallest absolute Gasteiger partial charge is 0.413 e. The molecule has 0 spiro atoms. The number of nitrogens with two attached hydrogens (primary N) is 1. The molecule has 6 N–H and O–H groups in total. The maximum absolute atomic E-state index is 12.3. The predicted octanol–water partition coefficient (Wildman–Crippen LogP) is 9.15. The van der Waals surface area contributed by atoms with E-state index in [0.717, 1.165) is 36.5 Å². The van der Waals surface area contributed by atoms with Gasteiger partial charge in [0.1, 0.15) is 5.60 Å². The summed E-state index contributed by atoms with van der Waals surface area (Å²) in [6, 6.07) is 24.4. The number of nitrogens with one attached hydrogen (secondary N) is 3. The van der Waals surface area contributed by atoms with Crippen molar-refractivity contribution in [3.05, 3.63) is 119 Å². The number of aromatic carboxylic acids is 1. The number of rotatable bonds is 9. The molecule has 0 saturated carbocycles. The Morgan fingerprint density at radius 1 is 0.842 bits per heavy atom. The standard InChI is InChI=1S/C22H23N3O5S.C11H11NO3.C7H5BrN2S/c1-22(2,3)30-21(29)25-20-24-16-10-8-13(12-17(16)31-20)9-11-18(26)23-15-7-5-4-6-14(15)19(27)28;1-3-10(13)12-9-7-5-4-6-8(9)11(14)15-2;8-4-1-2-5-6(3-4)11-7(9)10-5/h4-8,10,12H,9,11H2,1-3H3,(H,23,26)(H,27,28)(H,24,25,29);3-7H,1H2,2H3,(H,12,13);1-3H,(H2,9,10). The zero-order valence-electron chi connectivity index (χ0n) is 31.3. The van der Waals surface area contributed by atoms with Crippen LogP contribution < -0.4 is 21.7 Å². The summed E-state index contributed by atoms with van der Waals surface area (Å²) in [4.78, 5) is 66.3. The van der Waals surface area contributed by atoms with Crippen molar-refractivity contribution in [3.8, 4) is 0 Å². The summed E-state index contributed by atoms with van der Waals surface area (Å²) >= 11 is 6.20. The first kappa shape index (κ1) is 43.6. The fourth-order valence-electron chi connectivity index (χ4n) is 4.80. The molecule has 6 rings (SSSR count). The number of hydrogen-bond donors (Lipinski definition) is 5. The molecule has 0 unspecified atom stereocenters. The normalized spacial score (nSPS) is 10.5. The number of amides is 3. The first-order chi connectivity index (χ1) is 27.0. The van der Waals surface area contributed by atoms with Crippen molar-refractivity contribution in [2.75, 3.05) is 28.8 Å². The van der Waals surface area contributed by atoms with Crippen molar-refractivity contribution >= 4 is 111 Å². The fourth-order valence-corrected chi connectivity index (χ4v) is 7.00. The number of aryl methyl sites for hydroxylation is 1. The first-order valence-corrected chi connectivity index (χ1v) is 19.4. The summed E-state index contributed by atoms with van der Waals surface area (Å²) in [5.41, 5.74) is 8.62. The maximum Gasteiger partial charge on any atom is 0.413 e. The first-order valence-electron chi connectivity index (χ1n) is 17.0. The minimum Gasteiger partial charge on any atom is -0.478 e. The second-order valence-corrected chi connectivity index (χ2v) is 15.8. The van der Waals surface area contributed by atoms with Gasteiger partial charge in [-0.05, 0) is 93.4 Å². The molecule has 4 aromatic carbocycles. The number of carboxylic acids is 1. The number of fused-ring (bicyclic) bond motifs is 2. The molecule has 0 atom stereocenters. The average Bonchev–Trinajstić information content (AvgIpc) is 3.74. The number of nitrogens with zero attached hydrogens (tertiary/aromatic N) is 2. The second kappa shape index (κ2) is 20.1. The van der Waals surface area contributed by atoms with Gasteiger partial charge in [-0.15, -0.1) is 0 Å². The van der Waals surface area contributed by atoms with Crippen molar-refractivity contribution in [3.63, 3.8) is 0 Å². The fraction of sp³-hybridized carbons (Fsp3) is 0.175. The molecule has 296 valence electrons. The van der Waals surface area contributed by atoms with Gasteiger partial charge in [-0.25, -0.2) is 24.4 Å². The van der Waals surface area contributed by atoms with Gasteiger partial charge in [0.05, 0.1) is 50.0 Å². The van der Waals surface area contributed by atoms with Crippen molar-refractivity contribution in [1.82, 2.24) is 9.97 Å². The molecule has 3 amide bonds. The molecule has 2 aromatic heterocycles. The van der Waals surface area contributed by atoms with Crippen LogP contribution in [0.3, 0.4) is 0 Å². The third-order valence-corrected chi connectivity index (χ3v) is 9.55. The number of methoxy groups -OCH3 is 1. The van der Waals surface area contributed by atoms with Crippen molar-refractivity contribution < 1.29 is 38.6 Å². The Hall–Kier alpha value is -6.17. The molecule has 57 heavy (non-hydrogen) atoms. The van der Waals surface area contributed by atoms with Crippen LogP contribution in [-0.4, -0.2) is 57.6 Å². The Morgan fingerprint density at radius 3 is 2.11 bits per heavy atom. The zero-order valence-corrected chi connectivity index (χ0v) is 34.5. The maximum atomic E-state index is 12.3. The lowest BCUT2D eigenvalue weighted by molar-refractivity contribution is -0.116. The molecule has 2 heterocycles. The van der Waals surface area contributed by atoms with Crippen LogP contribution in [0.1, 0.15) is 53.5 Å². The van der Waals surface area contributed by atoms with Gasteiger partial charge in [0.25, 0.3) is 0 Å². The number of carbonyl (C=O) groups is 5. The van der Waals surface area contributed by atoms with Gasteiger partial charge in [-0.3, -0.25) is 14.9 Å². The number of anilines is 4. The van der Waals surface area contributed by atoms with E-state index in [1.807, 2.05) is 36.4 Å². The number of benzene rings is 4. The van der Waals surface area contributed by atoms with Gasteiger partial charge in [0.15, 0.2) is 10.3 Å². The van der Waals surface area contributed by atoms with Crippen molar-refractivity contribution in [2.45, 2.75) is 39.2 Å². The number of halogens is 1. The molecule has 0 radical (unpaired) electrons. The number of thiazole rings is 2. The number of aromatic nitrogens is 2. The van der Waals surface area contributed by atoms with E-state index < -0.39 is 23.6 Å². The number of carboxylic acid groups (broad SMARTS) is 1. The molecule has 0 aliphatic rings. The Balaban J connectivity index is 0.000000226. The molecule has 0 bridgehead atoms. The van der Waals surface area contributed by atoms with Crippen LogP contribution in [0.15, 0.2) is 102 Å². The molecule has 0 aliphatic carbocycles. The quantitative estimate of drug-likeness (QED) is 0.0683. The Bertz CT molecular complexity index is 2420. The number of esters is 1. The van der Waals surface area contributed by atoms with E-state index in [-0.39, 0.29) is 29.5 Å². The number of ether oxygens (including phenoxy) is 2. The topological polar surface area (TPSA) is 212 Å². The van der Waals surface area contributed by atoms with E-state index in [9.17, 15) is 29.1 Å². The van der Waals surface area contributed by atoms with Crippen LogP contribution in [0.4, 0.5) is 26.4 Å². The minimum atomic E-state index is -1.10. The highest BCUT2D eigenvalue weighted by atomic mass is 79.9. The third-order valence-electron chi connectivity index (χ3n) is 7.28. The summed E-state index contributed by atoms with van der Waals surface area (Å²) in [6.07, 6.45) is 1.24. The van der Waals surface area contributed by atoms with Gasteiger partial charge in [-0.1, -0.05) is 75.5 Å². The van der Waals surface area contributed by atoms with E-state index in [0.29, 0.717) is 27.9 Å². The number of hydrogen-bond acceptors (Lipinski definition) is 12. The Morgan fingerprint density at radius 2 is 1.46 bits per heavy atom. The van der Waals surface area contributed by atoms with Crippen molar-refractivity contribution in [2.24, 2.45) is 0 Å². The Kier molecular flexibility index (Phi) is 15.4. The molecule has 0 fully saturated rings. The molecule has 0 saturated heterocycles. The zero-order chi connectivity index (χ0) is 41.7. The van der Waals surface area contributed by atoms with Crippen LogP contribution in [-0.2, 0) is 25.5 Å². The van der Waals surface area contributed by atoms with E-state index >= 15 is 0 Å². The predicted molar refractivity (Wildman–Crippen MR) is 228 cm³/mol. The molecule has 17 heteroatoms. The summed E-state index contributed by atoms with van der Waals surface area (Å²) in [5, 5.41) is 18.1. The lowest BCUT2D eigenvalue weighted by atomic mass is 10.1. The summed E-state index contributed by atoms with van der Waals surface area (Å²) < 4.78 is 12.9. The molecule has 0 aliphatic heterocycles. The number of carbonyl (C=O) groups excluding carboxylic acids is 4. The molecular weight excluding hydrogens is 837 g/mol. The molecule has 6 aromatic rings. The summed E-state index contributed by atoms with van der Waals surface area (Å²) in [6.45, 7) is 8.68. The van der Waals surface area contributed by atoms with E-state index in [4.69, 9.17) is 10.5 Å². The highest BCUT2D eigenvalue weighted by molar-refractivity contribution is 9.10. The SMILES string of the molecule is C=CC(=O)Nc1ccccc1C(=O)OC.CC(C)(C)OC(=O)Nc1nc2ccc(CCC(=O)Nc3ccccc3C(=O)O)cc2s1.Nc1nc2ccc(Br)cc2s1. The highest BCUT2D eigenvalue weighted by Crippen LogP contribution is 2.28. The van der Waals surface area contributed by atoms with Gasteiger partial charge in [-0.2, -0.15) is 0 Å². The minimum absolute atomic E-state index is 0.0481. The second-order valence-electron chi connectivity index (χ2n) is 12.7. The van der Waals surface area contributed by atoms with Gasteiger partial charge in [0.2, 0.25) is 11.8 Å². The van der Waals surface area contributed by atoms with E-state index in [1.165, 1.54) is 35.8 Å². The average molecular weight is 876 g/mol. The highest BCUT2D eigenvalue weighted by Gasteiger charge is 2.18. The lowest BCUT2D eigenvalue weighted by Gasteiger charge is -2.18. The van der Waals surface area contributed by atoms with Crippen LogP contribution >= 0.6 is 38.6 Å².